The summed E-state index contributed by atoms with van der Waals surface area (Å²) in [6.45, 7) is 1.98. The van der Waals surface area contributed by atoms with Crippen LogP contribution in [0.25, 0.3) is 0 Å². The van der Waals surface area contributed by atoms with Crippen LogP contribution in [0.3, 0.4) is 0 Å². The topological polar surface area (TPSA) is 69.4 Å². The lowest BCUT2D eigenvalue weighted by atomic mass is 9.88. The van der Waals surface area contributed by atoms with Gasteiger partial charge < -0.3 is 10.5 Å². The van der Waals surface area contributed by atoms with Crippen molar-refractivity contribution in [2.24, 2.45) is 17.6 Å². The highest BCUT2D eigenvalue weighted by atomic mass is 16.6. The number of hydrogen-bond donors (Lipinski definition) is 1. The Hall–Kier alpha value is -1.84. The van der Waals surface area contributed by atoms with Gasteiger partial charge >= 0.3 is 6.09 Å². The molecule has 1 aliphatic rings. The molecule has 0 aliphatic heterocycles. The highest BCUT2D eigenvalue weighted by molar-refractivity contribution is 5.87. The summed E-state index contributed by atoms with van der Waals surface area (Å²) in [5.41, 5.74) is 6.46. The van der Waals surface area contributed by atoms with Crippen LogP contribution in [0.5, 0.6) is 0 Å². The molecule has 4 heteroatoms. The van der Waals surface area contributed by atoms with Crippen LogP contribution < -0.4 is 5.73 Å². The Bertz CT molecular complexity index is 509. The minimum Gasteiger partial charge on any atom is -0.438 e. The zero-order valence-corrected chi connectivity index (χ0v) is 13.9. The predicted molar refractivity (Wildman–Crippen MR) is 90.0 cm³/mol. The molecule has 23 heavy (non-hydrogen) atoms. The Morgan fingerprint density at radius 1 is 1.22 bits per heavy atom. The third kappa shape index (κ3) is 5.38. The van der Waals surface area contributed by atoms with E-state index in [1.54, 1.807) is 0 Å². The molecule has 1 aromatic rings. The lowest BCUT2D eigenvalue weighted by Gasteiger charge is -2.24. The van der Waals surface area contributed by atoms with Crippen molar-refractivity contribution in [2.75, 3.05) is 0 Å². The SMILES string of the molecule is CC(CCCc1ccccc1)C(OC(N)=O)C(=O)C1CCCC1. The monoisotopic (exact) mass is 317 g/mol. The van der Waals surface area contributed by atoms with Gasteiger partial charge in [0, 0.05) is 11.8 Å². The molecule has 1 aliphatic carbocycles. The maximum absolute atomic E-state index is 12.6. The number of benzene rings is 1. The summed E-state index contributed by atoms with van der Waals surface area (Å²) in [6.07, 6.45) is 5.22. The molecule has 0 radical (unpaired) electrons. The molecule has 2 rings (SSSR count). The van der Waals surface area contributed by atoms with E-state index in [-0.39, 0.29) is 17.6 Å². The van der Waals surface area contributed by atoms with Crippen molar-refractivity contribution in [3.8, 4) is 0 Å². The number of amides is 1. The molecule has 2 unspecified atom stereocenters. The Labute approximate surface area is 138 Å². The Morgan fingerprint density at radius 3 is 2.48 bits per heavy atom. The summed E-state index contributed by atoms with van der Waals surface area (Å²) in [7, 11) is 0. The molecule has 0 saturated heterocycles. The number of hydrogen-bond acceptors (Lipinski definition) is 3. The molecule has 126 valence electrons. The molecule has 2 N–H and O–H groups in total. The van der Waals surface area contributed by atoms with E-state index in [1.165, 1.54) is 5.56 Å². The van der Waals surface area contributed by atoms with Crippen molar-refractivity contribution < 1.29 is 14.3 Å². The third-order valence-corrected chi connectivity index (χ3v) is 4.77. The molecular weight excluding hydrogens is 290 g/mol. The molecule has 2 atom stereocenters. The van der Waals surface area contributed by atoms with Crippen LogP contribution in [0, 0.1) is 11.8 Å². The molecule has 1 aromatic carbocycles. The molecule has 1 amide bonds. The number of nitrogens with two attached hydrogens (primary N) is 1. The zero-order chi connectivity index (χ0) is 16.7. The van der Waals surface area contributed by atoms with E-state index >= 15 is 0 Å². The number of rotatable bonds is 8. The molecule has 1 fully saturated rings. The van der Waals surface area contributed by atoms with Crippen molar-refractivity contribution in [3.63, 3.8) is 0 Å². The van der Waals surface area contributed by atoms with Gasteiger partial charge in [-0.25, -0.2) is 4.79 Å². The second-order valence-corrected chi connectivity index (χ2v) is 6.60. The highest BCUT2D eigenvalue weighted by Crippen LogP contribution is 2.29. The standard InChI is InChI=1S/C19H27NO3/c1-14(8-7-11-15-9-3-2-4-10-15)18(23-19(20)22)17(21)16-12-5-6-13-16/h2-4,9-10,14,16,18H,5-8,11-13H2,1H3,(H2,20,22). The molecule has 1 saturated carbocycles. The van der Waals surface area contributed by atoms with Crippen LogP contribution in [0.4, 0.5) is 4.79 Å². The second kappa shape index (κ2) is 8.70. The summed E-state index contributed by atoms with van der Waals surface area (Å²) in [5.74, 6) is 0.101. The number of carbonyl (C=O) groups excluding carboxylic acids is 2. The number of primary amides is 1. The molecule has 0 bridgehead atoms. The Balaban J connectivity index is 1.89. The van der Waals surface area contributed by atoms with Crippen molar-refractivity contribution in [3.05, 3.63) is 35.9 Å². The minimum atomic E-state index is -0.851. The molecule has 4 nitrogen and oxygen atoms in total. The summed E-state index contributed by atoms with van der Waals surface area (Å²) < 4.78 is 5.18. The van der Waals surface area contributed by atoms with Gasteiger partial charge in [-0.2, -0.15) is 0 Å². The van der Waals surface area contributed by atoms with Gasteiger partial charge in [0.25, 0.3) is 0 Å². The summed E-state index contributed by atoms with van der Waals surface area (Å²) in [6, 6.07) is 10.3. The molecule has 0 spiro atoms. The zero-order valence-electron chi connectivity index (χ0n) is 13.9. The van der Waals surface area contributed by atoms with Gasteiger partial charge in [0.1, 0.15) is 0 Å². The Kier molecular flexibility index (Phi) is 6.63. The van der Waals surface area contributed by atoms with E-state index in [1.807, 2.05) is 25.1 Å². The lowest BCUT2D eigenvalue weighted by molar-refractivity contribution is -0.133. The summed E-state index contributed by atoms with van der Waals surface area (Å²) in [4.78, 5) is 23.8. The van der Waals surface area contributed by atoms with Crippen LogP contribution in [-0.4, -0.2) is 18.0 Å². The maximum atomic E-state index is 12.6. The average Bonchev–Trinajstić information content (AvgIpc) is 3.07. The van der Waals surface area contributed by atoms with Gasteiger partial charge in [0.2, 0.25) is 0 Å². The van der Waals surface area contributed by atoms with Crippen LogP contribution in [-0.2, 0) is 16.0 Å². The molecular formula is C19H27NO3. The fourth-order valence-corrected chi connectivity index (χ4v) is 3.45. The first-order valence-electron chi connectivity index (χ1n) is 8.61. The van der Waals surface area contributed by atoms with Crippen LogP contribution >= 0.6 is 0 Å². The number of carbonyl (C=O) groups is 2. The fraction of sp³-hybridized carbons (Fsp3) is 0.579. The largest absolute Gasteiger partial charge is 0.438 e. The quantitative estimate of drug-likeness (QED) is 0.791. The Morgan fingerprint density at radius 2 is 1.87 bits per heavy atom. The predicted octanol–water partition coefficient (Wildman–Crippen LogP) is 3.87. The van der Waals surface area contributed by atoms with Gasteiger partial charge in [-0.3, -0.25) is 4.79 Å². The van der Waals surface area contributed by atoms with E-state index in [0.29, 0.717) is 0 Å². The van der Waals surface area contributed by atoms with E-state index in [0.717, 1.165) is 44.9 Å². The van der Waals surface area contributed by atoms with Crippen molar-refractivity contribution in [1.29, 1.82) is 0 Å². The maximum Gasteiger partial charge on any atom is 0.405 e. The lowest BCUT2D eigenvalue weighted by Crippen LogP contribution is -2.38. The smallest absolute Gasteiger partial charge is 0.405 e. The van der Waals surface area contributed by atoms with E-state index < -0.39 is 12.2 Å². The van der Waals surface area contributed by atoms with Crippen molar-refractivity contribution in [2.45, 2.75) is 58.0 Å². The normalized spacial score (nSPS) is 17.6. The van der Waals surface area contributed by atoms with Crippen molar-refractivity contribution in [1.82, 2.24) is 0 Å². The first-order chi connectivity index (χ1) is 11.1. The van der Waals surface area contributed by atoms with Gasteiger partial charge in [-0.15, -0.1) is 0 Å². The first kappa shape index (κ1) is 17.5. The first-order valence-corrected chi connectivity index (χ1v) is 8.61. The van der Waals surface area contributed by atoms with E-state index in [2.05, 4.69) is 12.1 Å². The second-order valence-electron chi connectivity index (χ2n) is 6.60. The van der Waals surface area contributed by atoms with Gasteiger partial charge in [0.05, 0.1) is 0 Å². The van der Waals surface area contributed by atoms with Crippen molar-refractivity contribution >= 4 is 11.9 Å². The van der Waals surface area contributed by atoms with Crippen LogP contribution in [0.1, 0.15) is 51.0 Å². The van der Waals surface area contributed by atoms with E-state index in [4.69, 9.17) is 10.5 Å². The number of ether oxygens (including phenoxy) is 1. The van der Waals surface area contributed by atoms with Crippen LogP contribution in [0.15, 0.2) is 30.3 Å². The molecule has 0 heterocycles. The highest BCUT2D eigenvalue weighted by Gasteiger charge is 2.34. The molecule has 0 aromatic heterocycles. The third-order valence-electron chi connectivity index (χ3n) is 4.77. The minimum absolute atomic E-state index is 0.000637. The van der Waals surface area contributed by atoms with Crippen LogP contribution in [0.2, 0.25) is 0 Å². The fourth-order valence-electron chi connectivity index (χ4n) is 3.45. The average molecular weight is 317 g/mol. The number of ketones is 1. The van der Waals surface area contributed by atoms with Gasteiger partial charge in [-0.05, 0) is 37.7 Å². The van der Waals surface area contributed by atoms with Gasteiger partial charge in [0.15, 0.2) is 11.9 Å². The summed E-state index contributed by atoms with van der Waals surface area (Å²) in [5, 5.41) is 0. The number of aryl methyl sites for hydroxylation is 1. The number of Topliss-reactive ketones (excluding diaryl/α,β-unsaturated/α-hetero) is 1. The van der Waals surface area contributed by atoms with Gasteiger partial charge in [-0.1, -0.05) is 50.1 Å². The van der Waals surface area contributed by atoms with E-state index in [9.17, 15) is 9.59 Å². The summed E-state index contributed by atoms with van der Waals surface area (Å²) >= 11 is 0.